The predicted molar refractivity (Wildman–Crippen MR) is 260 cm³/mol. The Kier molecular flexibility index (Phi) is 17.9. The van der Waals surface area contributed by atoms with Gasteiger partial charge in [0.15, 0.2) is 37.0 Å². The standard InChI is InChI=1S/C57H50O18/c1-35(58)68-43-42(34-66-50(59)37-23-11-4-12-24-37)69-56(67-33-36-21-9-3-10-22-36)48(72-53(62)40-29-17-7-18-30-40)44(43)74-57-49(73-54(63)41-31-19-8-20-32-41)46(70-51(60)38-25-13-5-14-26-38)45(75-57)47(55(64)65-2)71-52(61)39-27-15-6-16-28-39/h3-32,42-49,56-57H,33-34H2,1-2H3/t42-,43+,44+,45-,46+,47+,48-,49-,56-,57-/m1/s1. The Morgan fingerprint density at radius 1 is 0.453 bits per heavy atom. The van der Waals surface area contributed by atoms with Gasteiger partial charge < -0.3 is 52.1 Å². The smallest absolute Gasteiger partial charge is 0.350 e. The number of ether oxygens (including phenoxy) is 11. The van der Waals surface area contributed by atoms with Gasteiger partial charge in [-0.2, -0.15) is 0 Å². The fourth-order valence-electron chi connectivity index (χ4n) is 8.17. The van der Waals surface area contributed by atoms with Gasteiger partial charge in [0.25, 0.3) is 0 Å². The summed E-state index contributed by atoms with van der Waals surface area (Å²) in [5, 5.41) is 0. The lowest BCUT2D eigenvalue weighted by Crippen LogP contribution is -2.63. The van der Waals surface area contributed by atoms with Gasteiger partial charge in [-0.05, 0) is 66.2 Å². The molecule has 0 radical (unpaired) electrons. The molecule has 0 spiro atoms. The molecule has 0 saturated carbocycles. The lowest BCUT2D eigenvalue weighted by atomic mass is 9.97. The molecule has 10 atom stereocenters. The Bertz CT molecular complexity index is 2870. The van der Waals surface area contributed by atoms with Gasteiger partial charge in [0.1, 0.15) is 24.9 Å². The molecule has 0 unspecified atom stereocenters. The van der Waals surface area contributed by atoms with E-state index in [4.69, 9.17) is 52.1 Å². The molecular weight excluding hydrogens is 973 g/mol. The van der Waals surface area contributed by atoms with Crippen LogP contribution in [0.1, 0.15) is 64.3 Å². The van der Waals surface area contributed by atoms with Crippen LogP contribution in [-0.2, 0) is 68.3 Å². The Labute approximate surface area is 430 Å². The van der Waals surface area contributed by atoms with E-state index in [-0.39, 0.29) is 34.4 Å². The molecule has 6 aromatic rings. The minimum absolute atomic E-state index is 0.0112. The third-order valence-electron chi connectivity index (χ3n) is 11.8. The van der Waals surface area contributed by atoms with Crippen LogP contribution in [0.3, 0.4) is 0 Å². The van der Waals surface area contributed by atoms with Crippen LogP contribution in [0.25, 0.3) is 0 Å². The fourth-order valence-corrected chi connectivity index (χ4v) is 8.17. The highest BCUT2D eigenvalue weighted by atomic mass is 16.8. The first-order chi connectivity index (χ1) is 36.5. The lowest BCUT2D eigenvalue weighted by molar-refractivity contribution is -0.332. The van der Waals surface area contributed by atoms with Crippen LogP contribution in [0.2, 0.25) is 0 Å². The molecule has 386 valence electrons. The number of esters is 7. The van der Waals surface area contributed by atoms with Crippen LogP contribution in [0.5, 0.6) is 0 Å². The minimum Gasteiger partial charge on any atom is -0.466 e. The molecule has 2 aliphatic heterocycles. The van der Waals surface area contributed by atoms with E-state index in [2.05, 4.69) is 0 Å². The molecule has 2 fully saturated rings. The second-order valence-corrected chi connectivity index (χ2v) is 16.9. The molecule has 0 amide bonds. The first-order valence-electron chi connectivity index (χ1n) is 23.6. The van der Waals surface area contributed by atoms with Crippen molar-refractivity contribution in [2.45, 2.75) is 74.9 Å². The maximum Gasteiger partial charge on any atom is 0.350 e. The number of hydrogen-bond donors (Lipinski definition) is 0. The highest BCUT2D eigenvalue weighted by molar-refractivity contribution is 5.93. The number of carbonyl (C=O) groups is 7. The van der Waals surface area contributed by atoms with Crippen molar-refractivity contribution < 1.29 is 85.7 Å². The summed E-state index contributed by atoms with van der Waals surface area (Å²) in [7, 11) is 1.02. The molecule has 0 N–H and O–H groups in total. The van der Waals surface area contributed by atoms with Gasteiger partial charge in [0, 0.05) is 6.92 Å². The first kappa shape index (κ1) is 52.8. The summed E-state index contributed by atoms with van der Waals surface area (Å²) in [6.45, 7) is 0.311. The van der Waals surface area contributed by atoms with Crippen LogP contribution in [0.4, 0.5) is 0 Å². The molecule has 2 heterocycles. The van der Waals surface area contributed by atoms with Crippen LogP contribution >= 0.6 is 0 Å². The van der Waals surface area contributed by atoms with Crippen molar-refractivity contribution in [1.82, 2.24) is 0 Å². The van der Waals surface area contributed by atoms with Gasteiger partial charge >= 0.3 is 41.8 Å². The Morgan fingerprint density at radius 3 is 1.32 bits per heavy atom. The zero-order valence-corrected chi connectivity index (χ0v) is 40.4. The summed E-state index contributed by atoms with van der Waals surface area (Å²) < 4.78 is 67.3. The predicted octanol–water partition coefficient (Wildman–Crippen LogP) is 6.90. The first-order valence-corrected chi connectivity index (χ1v) is 23.6. The zero-order valence-electron chi connectivity index (χ0n) is 40.4. The van der Waals surface area contributed by atoms with Crippen LogP contribution < -0.4 is 0 Å². The summed E-state index contributed by atoms with van der Waals surface area (Å²) in [6.07, 6.45) is -18.1. The second kappa shape index (κ2) is 25.4. The summed E-state index contributed by atoms with van der Waals surface area (Å²) in [4.78, 5) is 97.1. The van der Waals surface area contributed by atoms with Gasteiger partial charge in [-0.3, -0.25) is 4.79 Å². The van der Waals surface area contributed by atoms with E-state index in [1.165, 1.54) is 60.7 Å². The average molecular weight is 1020 g/mol. The highest BCUT2D eigenvalue weighted by Crippen LogP contribution is 2.38. The topological polar surface area (TPSA) is 221 Å². The Hall–Kier alpha value is -8.55. The third kappa shape index (κ3) is 13.5. The minimum atomic E-state index is -2.07. The average Bonchev–Trinajstić information content (AvgIpc) is 3.78. The van der Waals surface area contributed by atoms with Crippen LogP contribution in [0.15, 0.2) is 182 Å². The maximum absolute atomic E-state index is 14.3. The second-order valence-electron chi connectivity index (χ2n) is 16.9. The molecule has 0 aromatic heterocycles. The number of rotatable bonds is 19. The molecule has 75 heavy (non-hydrogen) atoms. The SMILES string of the molecule is COC(=O)[C@@H](OC(=O)c1ccccc1)[C@@H]1O[C@@H](O[C@H]2[C@@H](OC(C)=O)[C@@H](COC(=O)c3ccccc3)O[C@@H](OCc3ccccc3)[C@@H]2OC(=O)c2ccccc2)[C@H](OC(=O)c2ccccc2)[C@H]1OC(=O)c1ccccc1. The van der Waals surface area contributed by atoms with Crippen molar-refractivity contribution in [3.05, 3.63) is 215 Å². The molecular formula is C57H50O18. The maximum atomic E-state index is 14.3. The lowest BCUT2D eigenvalue weighted by Gasteiger charge is -2.45. The van der Waals surface area contributed by atoms with Crippen molar-refractivity contribution in [3.63, 3.8) is 0 Å². The molecule has 0 aliphatic carbocycles. The zero-order chi connectivity index (χ0) is 52.7. The van der Waals surface area contributed by atoms with Gasteiger partial charge in [0.2, 0.25) is 6.10 Å². The van der Waals surface area contributed by atoms with Crippen molar-refractivity contribution in [2.24, 2.45) is 0 Å². The van der Waals surface area contributed by atoms with E-state index < -0.39 is 110 Å². The summed E-state index contributed by atoms with van der Waals surface area (Å²) in [6, 6.07) is 47.7. The Morgan fingerprint density at radius 2 is 0.867 bits per heavy atom. The largest absolute Gasteiger partial charge is 0.466 e. The molecule has 6 aromatic carbocycles. The van der Waals surface area contributed by atoms with E-state index in [1.54, 1.807) is 121 Å². The van der Waals surface area contributed by atoms with Crippen LogP contribution in [-0.4, -0.2) is 117 Å². The molecule has 0 bridgehead atoms. The van der Waals surface area contributed by atoms with Crippen molar-refractivity contribution in [3.8, 4) is 0 Å². The van der Waals surface area contributed by atoms with E-state index in [0.29, 0.717) is 5.56 Å². The van der Waals surface area contributed by atoms with Gasteiger partial charge in [-0.25, -0.2) is 28.8 Å². The molecule has 18 nitrogen and oxygen atoms in total. The van der Waals surface area contributed by atoms with E-state index in [9.17, 15) is 33.6 Å². The number of hydrogen-bond acceptors (Lipinski definition) is 18. The van der Waals surface area contributed by atoms with Crippen LogP contribution in [0, 0.1) is 0 Å². The Balaban J connectivity index is 1.26. The van der Waals surface area contributed by atoms with Crippen molar-refractivity contribution in [1.29, 1.82) is 0 Å². The van der Waals surface area contributed by atoms with Gasteiger partial charge in [0.05, 0.1) is 41.5 Å². The third-order valence-corrected chi connectivity index (χ3v) is 11.8. The number of carbonyl (C=O) groups excluding carboxylic acids is 7. The summed E-state index contributed by atoms with van der Waals surface area (Å²) >= 11 is 0. The van der Waals surface area contributed by atoms with Crippen molar-refractivity contribution in [2.75, 3.05) is 13.7 Å². The van der Waals surface area contributed by atoms with E-state index in [0.717, 1.165) is 14.0 Å². The normalized spacial score (nSPS) is 22.3. The molecule has 2 saturated heterocycles. The highest BCUT2D eigenvalue weighted by Gasteiger charge is 2.60. The molecule has 18 heteroatoms. The van der Waals surface area contributed by atoms with E-state index in [1.807, 2.05) is 0 Å². The quantitative estimate of drug-likeness (QED) is 0.0594. The molecule has 2 aliphatic rings. The van der Waals surface area contributed by atoms with E-state index >= 15 is 0 Å². The number of methoxy groups -OCH3 is 1. The number of benzene rings is 6. The fraction of sp³-hybridized carbons (Fsp3) is 0.246. The summed E-state index contributed by atoms with van der Waals surface area (Å²) in [5.74, 6) is -6.82. The molecule has 8 rings (SSSR count). The van der Waals surface area contributed by atoms with Crippen molar-refractivity contribution >= 4 is 41.8 Å². The monoisotopic (exact) mass is 1020 g/mol. The van der Waals surface area contributed by atoms with Gasteiger partial charge in [-0.1, -0.05) is 121 Å². The summed E-state index contributed by atoms with van der Waals surface area (Å²) in [5.41, 5.74) is 0.940. The van der Waals surface area contributed by atoms with Gasteiger partial charge in [-0.15, -0.1) is 0 Å².